The molecule has 1 aromatic rings. The Morgan fingerprint density at radius 3 is 2.28 bits per heavy atom. The Balaban J connectivity index is 2.89. The molecule has 0 fully saturated rings. The number of hydrogen-bond acceptors (Lipinski definition) is 5. The van der Waals surface area contributed by atoms with Gasteiger partial charge >= 0.3 is 11.9 Å². The molecule has 0 spiro atoms. The topological polar surface area (TPSA) is 55.8 Å². The van der Waals surface area contributed by atoms with Crippen LogP contribution in [0, 0.1) is 0 Å². The van der Waals surface area contributed by atoms with Gasteiger partial charge in [0.15, 0.2) is 0 Å². The summed E-state index contributed by atoms with van der Waals surface area (Å²) in [7, 11) is 4.32. The number of hydrogen-bond donors (Lipinski definition) is 0. The summed E-state index contributed by atoms with van der Waals surface area (Å²) in [5.74, 6) is -0.917. The van der Waals surface area contributed by atoms with Crippen molar-refractivity contribution in [1.82, 2.24) is 0 Å². The molecule has 5 nitrogen and oxygen atoms in total. The molecule has 0 radical (unpaired) electrons. The highest BCUT2D eigenvalue weighted by Crippen LogP contribution is 2.17. The Labute approximate surface area is 106 Å². The Morgan fingerprint density at radius 1 is 1.17 bits per heavy atom. The van der Waals surface area contributed by atoms with E-state index in [9.17, 15) is 9.59 Å². The quantitative estimate of drug-likeness (QED) is 0.737. The summed E-state index contributed by atoms with van der Waals surface area (Å²) in [4.78, 5) is 24.7. The van der Waals surface area contributed by atoms with E-state index in [1.807, 2.05) is 30.3 Å². The Kier molecular flexibility index (Phi) is 5.17. The number of esters is 2. The molecule has 0 saturated carbocycles. The van der Waals surface area contributed by atoms with E-state index in [1.165, 1.54) is 14.2 Å². The molecule has 98 valence electrons. The van der Waals surface area contributed by atoms with Crippen molar-refractivity contribution in [1.29, 1.82) is 0 Å². The van der Waals surface area contributed by atoms with E-state index < -0.39 is 18.0 Å². The average molecular weight is 251 g/mol. The van der Waals surface area contributed by atoms with Crippen LogP contribution in [0.1, 0.15) is 6.42 Å². The van der Waals surface area contributed by atoms with Gasteiger partial charge in [0.1, 0.15) is 6.04 Å². The van der Waals surface area contributed by atoms with Gasteiger partial charge in [0.05, 0.1) is 20.6 Å². The second kappa shape index (κ2) is 6.64. The first-order chi connectivity index (χ1) is 8.60. The number of carbonyl (C=O) groups is 2. The van der Waals surface area contributed by atoms with Crippen molar-refractivity contribution in [3.8, 4) is 0 Å². The molecule has 1 aromatic carbocycles. The third kappa shape index (κ3) is 3.48. The normalized spacial score (nSPS) is 11.5. The van der Waals surface area contributed by atoms with E-state index in [2.05, 4.69) is 4.74 Å². The average Bonchev–Trinajstić information content (AvgIpc) is 2.43. The summed E-state index contributed by atoms with van der Waals surface area (Å²) in [5.41, 5.74) is 0.830. The van der Waals surface area contributed by atoms with Gasteiger partial charge in [0, 0.05) is 12.7 Å². The monoisotopic (exact) mass is 251 g/mol. The number of nitrogens with zero attached hydrogens (tertiary/aromatic N) is 1. The molecule has 18 heavy (non-hydrogen) atoms. The Morgan fingerprint density at radius 2 is 1.78 bits per heavy atom. The Bertz CT molecular complexity index is 405. The minimum absolute atomic E-state index is 0.0471. The van der Waals surface area contributed by atoms with Gasteiger partial charge in [0.2, 0.25) is 0 Å². The van der Waals surface area contributed by atoms with Crippen molar-refractivity contribution in [3.05, 3.63) is 30.3 Å². The van der Waals surface area contributed by atoms with Gasteiger partial charge < -0.3 is 14.4 Å². The summed E-state index contributed by atoms with van der Waals surface area (Å²) in [6.45, 7) is 0. The largest absolute Gasteiger partial charge is 0.469 e. The third-order valence-corrected chi connectivity index (χ3v) is 2.69. The van der Waals surface area contributed by atoms with E-state index in [0.717, 1.165) is 5.69 Å². The van der Waals surface area contributed by atoms with Crippen molar-refractivity contribution in [3.63, 3.8) is 0 Å². The van der Waals surface area contributed by atoms with Crippen molar-refractivity contribution < 1.29 is 19.1 Å². The molecule has 0 aliphatic carbocycles. The highest BCUT2D eigenvalue weighted by molar-refractivity contribution is 5.85. The fraction of sp³-hybridized carbons (Fsp3) is 0.385. The molecular formula is C13H17NO4. The van der Waals surface area contributed by atoms with E-state index in [0.29, 0.717) is 0 Å². The van der Waals surface area contributed by atoms with Gasteiger partial charge in [-0.3, -0.25) is 4.79 Å². The molecule has 1 rings (SSSR count). The molecule has 0 aromatic heterocycles. The van der Waals surface area contributed by atoms with E-state index >= 15 is 0 Å². The lowest BCUT2D eigenvalue weighted by Gasteiger charge is -2.27. The number of methoxy groups -OCH3 is 2. The number of para-hydroxylation sites is 1. The highest BCUT2D eigenvalue weighted by Gasteiger charge is 2.27. The fourth-order valence-electron chi connectivity index (χ4n) is 1.60. The number of benzene rings is 1. The number of rotatable bonds is 5. The van der Waals surface area contributed by atoms with Crippen molar-refractivity contribution in [2.24, 2.45) is 0 Å². The first-order valence-corrected chi connectivity index (χ1v) is 5.52. The predicted octanol–water partition coefficient (Wildman–Crippen LogP) is 1.23. The number of carbonyl (C=O) groups excluding carboxylic acids is 2. The van der Waals surface area contributed by atoms with Gasteiger partial charge in [-0.05, 0) is 12.1 Å². The second-order valence-electron chi connectivity index (χ2n) is 3.77. The smallest absolute Gasteiger partial charge is 0.329 e. The number of ether oxygens (including phenoxy) is 2. The minimum Gasteiger partial charge on any atom is -0.469 e. The third-order valence-electron chi connectivity index (χ3n) is 2.69. The zero-order valence-corrected chi connectivity index (χ0v) is 10.8. The van der Waals surface area contributed by atoms with Crippen molar-refractivity contribution in [2.45, 2.75) is 12.5 Å². The van der Waals surface area contributed by atoms with Crippen LogP contribution < -0.4 is 4.90 Å². The minimum atomic E-state index is -0.690. The lowest BCUT2D eigenvalue weighted by atomic mass is 10.1. The van der Waals surface area contributed by atoms with Crippen LogP contribution >= 0.6 is 0 Å². The molecule has 0 bridgehead atoms. The van der Waals surface area contributed by atoms with E-state index in [-0.39, 0.29) is 6.42 Å². The standard InChI is InChI=1S/C13H17NO4/c1-14(10-7-5-4-6-8-10)11(13(16)18-3)9-12(15)17-2/h4-8,11H,9H2,1-3H3. The Hall–Kier alpha value is -2.04. The van der Waals surface area contributed by atoms with E-state index in [1.54, 1.807) is 11.9 Å². The molecular weight excluding hydrogens is 234 g/mol. The van der Waals surface area contributed by atoms with Gasteiger partial charge in [-0.2, -0.15) is 0 Å². The molecule has 1 unspecified atom stereocenters. The van der Waals surface area contributed by atoms with Crippen molar-refractivity contribution in [2.75, 3.05) is 26.2 Å². The molecule has 1 atom stereocenters. The van der Waals surface area contributed by atoms with Crippen LogP contribution in [-0.2, 0) is 19.1 Å². The van der Waals surface area contributed by atoms with Crippen molar-refractivity contribution >= 4 is 17.6 Å². The maximum Gasteiger partial charge on any atom is 0.329 e. The van der Waals surface area contributed by atoms with Crippen LogP contribution in [0.5, 0.6) is 0 Å². The fourth-order valence-corrected chi connectivity index (χ4v) is 1.60. The molecule has 0 aliphatic rings. The van der Waals surface area contributed by atoms with Crippen LogP contribution in [0.2, 0.25) is 0 Å². The lowest BCUT2D eigenvalue weighted by molar-refractivity contribution is -0.148. The van der Waals surface area contributed by atoms with E-state index in [4.69, 9.17) is 4.74 Å². The summed E-state index contributed by atoms with van der Waals surface area (Å²) >= 11 is 0. The molecule has 0 aliphatic heterocycles. The molecule has 0 amide bonds. The number of likely N-dealkylation sites (N-methyl/N-ethyl adjacent to an activating group) is 1. The summed E-state index contributed by atoms with van der Waals surface area (Å²) < 4.78 is 9.30. The second-order valence-corrected chi connectivity index (χ2v) is 3.77. The molecule has 0 heterocycles. The first-order valence-electron chi connectivity index (χ1n) is 5.52. The van der Waals surface area contributed by atoms with Crippen LogP contribution in [0.3, 0.4) is 0 Å². The van der Waals surface area contributed by atoms with Crippen LogP contribution in [0.25, 0.3) is 0 Å². The SMILES string of the molecule is COC(=O)CC(C(=O)OC)N(C)c1ccccc1. The van der Waals surface area contributed by atoms with Crippen LogP contribution in [0.15, 0.2) is 30.3 Å². The first kappa shape index (κ1) is 14.0. The summed E-state index contributed by atoms with van der Waals surface area (Å²) in [6.07, 6.45) is -0.0471. The van der Waals surface area contributed by atoms with Crippen LogP contribution in [-0.4, -0.2) is 39.2 Å². The zero-order chi connectivity index (χ0) is 13.5. The maximum atomic E-state index is 11.7. The van der Waals surface area contributed by atoms with Gasteiger partial charge in [-0.25, -0.2) is 4.79 Å². The van der Waals surface area contributed by atoms with Gasteiger partial charge in [-0.15, -0.1) is 0 Å². The summed E-state index contributed by atoms with van der Waals surface area (Å²) in [5, 5.41) is 0. The van der Waals surface area contributed by atoms with Crippen LogP contribution in [0.4, 0.5) is 5.69 Å². The van der Waals surface area contributed by atoms with Gasteiger partial charge in [0.25, 0.3) is 0 Å². The van der Waals surface area contributed by atoms with Gasteiger partial charge in [-0.1, -0.05) is 18.2 Å². The highest BCUT2D eigenvalue weighted by atomic mass is 16.5. The molecule has 0 saturated heterocycles. The molecule has 0 N–H and O–H groups in total. The maximum absolute atomic E-state index is 11.7. The molecule has 5 heteroatoms. The lowest BCUT2D eigenvalue weighted by Crippen LogP contribution is -2.41. The zero-order valence-electron chi connectivity index (χ0n) is 10.8. The summed E-state index contributed by atoms with van der Waals surface area (Å²) in [6, 6.07) is 8.62. The predicted molar refractivity (Wildman–Crippen MR) is 67.3 cm³/mol. The number of anilines is 1.